The van der Waals surface area contributed by atoms with E-state index in [0.717, 1.165) is 19.3 Å². The van der Waals surface area contributed by atoms with Crippen molar-refractivity contribution in [3.05, 3.63) is 0 Å². The molecule has 0 aromatic carbocycles. The van der Waals surface area contributed by atoms with E-state index in [9.17, 15) is 0 Å². The van der Waals surface area contributed by atoms with E-state index in [1.807, 2.05) is 0 Å². The molecule has 0 aromatic rings. The van der Waals surface area contributed by atoms with Crippen LogP contribution >= 0.6 is 0 Å². The molecule has 0 aromatic heterocycles. The maximum absolute atomic E-state index is 6.29. The van der Waals surface area contributed by atoms with Crippen LogP contribution in [0.15, 0.2) is 0 Å². The molecule has 3 heteroatoms. The molecule has 0 radical (unpaired) electrons. The van der Waals surface area contributed by atoms with Crippen molar-refractivity contribution in [2.45, 2.75) is 70.3 Å². The van der Waals surface area contributed by atoms with Crippen molar-refractivity contribution < 1.29 is 4.43 Å². The van der Waals surface area contributed by atoms with Crippen LogP contribution in [0.25, 0.3) is 0 Å². The fraction of sp³-hybridized carbons (Fsp3) is 1.00. The van der Waals surface area contributed by atoms with Crippen LogP contribution in [0.1, 0.15) is 40.0 Å². The van der Waals surface area contributed by atoms with Crippen molar-refractivity contribution in [3.8, 4) is 0 Å². The molecule has 1 aliphatic carbocycles. The Labute approximate surface area is 89.3 Å². The lowest BCUT2D eigenvalue weighted by atomic mass is 10.2. The van der Waals surface area contributed by atoms with Gasteiger partial charge in [-0.05, 0) is 37.4 Å². The molecule has 1 fully saturated rings. The van der Waals surface area contributed by atoms with Crippen molar-refractivity contribution in [3.63, 3.8) is 0 Å². The van der Waals surface area contributed by atoms with Crippen LogP contribution < -0.4 is 5.73 Å². The van der Waals surface area contributed by atoms with Crippen molar-refractivity contribution in [2.75, 3.05) is 0 Å². The Hall–Kier alpha value is 0.137. The minimum atomic E-state index is -1.56. The van der Waals surface area contributed by atoms with Crippen molar-refractivity contribution in [2.24, 2.45) is 5.73 Å². The lowest BCUT2D eigenvalue weighted by molar-refractivity contribution is 0.186. The molecule has 1 rings (SSSR count). The van der Waals surface area contributed by atoms with Gasteiger partial charge in [0.1, 0.15) is 0 Å². The molecule has 2 N–H and O–H groups in total. The highest BCUT2D eigenvalue weighted by Crippen LogP contribution is 2.39. The molecule has 1 unspecified atom stereocenters. The maximum Gasteiger partial charge on any atom is 0.192 e. The summed E-state index contributed by atoms with van der Waals surface area (Å²) >= 11 is 0. The molecule has 0 bridgehead atoms. The Kier molecular flexibility index (Phi) is 3.44. The predicted octanol–water partition coefficient (Wildman–Crippen LogP) is 2.89. The number of hydrogen-bond acceptors (Lipinski definition) is 2. The summed E-state index contributed by atoms with van der Waals surface area (Å²) in [5.41, 5.74) is 5.89. The monoisotopic (exact) mass is 215 g/mol. The summed E-state index contributed by atoms with van der Waals surface area (Å²) in [6, 6.07) is 0.379. The molecule has 2 atom stereocenters. The van der Waals surface area contributed by atoms with Gasteiger partial charge in [-0.2, -0.15) is 0 Å². The smallest absolute Gasteiger partial charge is 0.192 e. The zero-order valence-electron chi connectivity index (χ0n) is 10.3. The van der Waals surface area contributed by atoms with Crippen LogP contribution in [0.5, 0.6) is 0 Å². The number of hydrogen-bond donors (Lipinski definition) is 1. The zero-order chi connectivity index (χ0) is 11.0. The Balaban J connectivity index is 2.51. The first-order valence-electron chi connectivity index (χ1n) is 5.66. The molecular formula is C11H25NOSi. The fourth-order valence-corrected chi connectivity index (χ4v) is 3.07. The van der Waals surface area contributed by atoms with E-state index in [2.05, 4.69) is 33.9 Å². The second kappa shape index (κ2) is 3.95. The van der Waals surface area contributed by atoms with Crippen molar-refractivity contribution in [1.29, 1.82) is 0 Å². The zero-order valence-corrected chi connectivity index (χ0v) is 11.3. The van der Waals surface area contributed by atoms with E-state index in [1.165, 1.54) is 0 Å². The highest BCUT2D eigenvalue weighted by Gasteiger charge is 2.40. The molecule has 0 heterocycles. The van der Waals surface area contributed by atoms with Crippen molar-refractivity contribution in [1.82, 2.24) is 0 Å². The van der Waals surface area contributed by atoms with Gasteiger partial charge in [-0.1, -0.05) is 20.8 Å². The lowest BCUT2D eigenvalue weighted by Gasteiger charge is -2.38. The summed E-state index contributed by atoms with van der Waals surface area (Å²) in [6.07, 6.45) is 3.80. The Bertz CT molecular complexity index is 198. The summed E-state index contributed by atoms with van der Waals surface area (Å²) in [4.78, 5) is 0. The third-order valence-electron chi connectivity index (χ3n) is 3.69. The van der Waals surface area contributed by atoms with Crippen LogP contribution in [0.2, 0.25) is 18.1 Å². The Morgan fingerprint density at radius 2 is 1.79 bits per heavy atom. The fourth-order valence-electron chi connectivity index (χ4n) is 1.67. The van der Waals surface area contributed by atoms with Crippen LogP contribution in [0.3, 0.4) is 0 Å². The van der Waals surface area contributed by atoms with E-state index >= 15 is 0 Å². The van der Waals surface area contributed by atoms with Crippen LogP contribution in [0.4, 0.5) is 0 Å². The highest BCUT2D eigenvalue weighted by molar-refractivity contribution is 6.74. The van der Waals surface area contributed by atoms with Crippen molar-refractivity contribution >= 4 is 8.32 Å². The third kappa shape index (κ3) is 2.81. The van der Waals surface area contributed by atoms with Gasteiger partial charge in [0.2, 0.25) is 0 Å². The van der Waals surface area contributed by atoms with E-state index in [1.54, 1.807) is 0 Å². The van der Waals surface area contributed by atoms with Crippen LogP contribution in [-0.2, 0) is 4.43 Å². The molecule has 0 spiro atoms. The van der Waals surface area contributed by atoms with E-state index < -0.39 is 8.32 Å². The minimum absolute atomic E-state index is 0.319. The first kappa shape index (κ1) is 12.2. The predicted molar refractivity (Wildman–Crippen MR) is 63.9 cm³/mol. The molecule has 0 amide bonds. The lowest BCUT2D eigenvalue weighted by Crippen LogP contribution is -2.43. The summed E-state index contributed by atoms with van der Waals surface area (Å²) in [5, 5.41) is 0.319. The molecule has 0 aliphatic heterocycles. The van der Waals surface area contributed by atoms with Gasteiger partial charge in [-0.15, -0.1) is 0 Å². The molecule has 2 nitrogen and oxygen atoms in total. The first-order valence-corrected chi connectivity index (χ1v) is 8.56. The average Bonchev–Trinajstić information content (AvgIpc) is 2.31. The molecule has 1 saturated carbocycles. The minimum Gasteiger partial charge on any atom is -0.414 e. The van der Waals surface area contributed by atoms with Crippen LogP contribution in [0, 0.1) is 0 Å². The summed E-state index contributed by atoms with van der Waals surface area (Å²) in [5.74, 6) is 0. The van der Waals surface area contributed by atoms with Gasteiger partial charge in [0.15, 0.2) is 8.32 Å². The number of nitrogens with two attached hydrogens (primary N) is 1. The van der Waals surface area contributed by atoms with Gasteiger partial charge < -0.3 is 10.2 Å². The summed E-state index contributed by atoms with van der Waals surface area (Å²) in [6.45, 7) is 11.5. The Morgan fingerprint density at radius 1 is 1.21 bits per heavy atom. The normalized spacial score (nSPS) is 29.6. The molecule has 84 valence electrons. The topological polar surface area (TPSA) is 35.2 Å². The Morgan fingerprint density at radius 3 is 2.14 bits per heavy atom. The standard InChI is InChI=1S/C11H25NOSi/c1-11(2,3)14(4,5)13-10-7-6-9(12)8-10/h9-10H,6-8,12H2,1-5H3/t9?,10-/m0/s1. The molecule has 0 saturated heterocycles. The van der Waals surface area contributed by atoms with E-state index in [4.69, 9.17) is 10.2 Å². The summed E-state index contributed by atoms with van der Waals surface area (Å²) < 4.78 is 6.29. The van der Waals surface area contributed by atoms with Gasteiger partial charge in [0.05, 0.1) is 0 Å². The quantitative estimate of drug-likeness (QED) is 0.719. The highest BCUT2D eigenvalue weighted by atomic mass is 28.4. The van der Waals surface area contributed by atoms with Gasteiger partial charge in [0, 0.05) is 12.1 Å². The average molecular weight is 215 g/mol. The number of rotatable bonds is 2. The van der Waals surface area contributed by atoms with Gasteiger partial charge in [-0.25, -0.2) is 0 Å². The maximum atomic E-state index is 6.29. The third-order valence-corrected chi connectivity index (χ3v) is 8.23. The largest absolute Gasteiger partial charge is 0.414 e. The second-order valence-corrected chi connectivity index (χ2v) is 10.8. The van der Waals surface area contributed by atoms with Crippen LogP contribution in [-0.4, -0.2) is 20.5 Å². The molecule has 1 aliphatic rings. The SMILES string of the molecule is CC(C)(C)[Si](C)(C)O[C@H]1CCC(N)C1. The van der Waals surface area contributed by atoms with Gasteiger partial charge >= 0.3 is 0 Å². The summed E-state index contributed by atoms with van der Waals surface area (Å²) in [7, 11) is -1.56. The first-order chi connectivity index (χ1) is 6.22. The molecule has 14 heavy (non-hydrogen) atoms. The van der Waals surface area contributed by atoms with Gasteiger partial charge in [-0.3, -0.25) is 0 Å². The van der Waals surface area contributed by atoms with E-state index in [-0.39, 0.29) is 0 Å². The van der Waals surface area contributed by atoms with E-state index in [0.29, 0.717) is 17.2 Å². The van der Waals surface area contributed by atoms with Gasteiger partial charge in [0.25, 0.3) is 0 Å². The molecular weight excluding hydrogens is 190 g/mol. The second-order valence-electron chi connectivity index (χ2n) is 6.07.